The second-order valence-corrected chi connectivity index (χ2v) is 8.23. The van der Waals surface area contributed by atoms with Crippen LogP contribution in [-0.4, -0.2) is 54.5 Å². The van der Waals surface area contributed by atoms with Crippen LogP contribution in [0.25, 0.3) is 0 Å². The van der Waals surface area contributed by atoms with Crippen molar-refractivity contribution in [3.8, 4) is 0 Å². The van der Waals surface area contributed by atoms with Gasteiger partial charge in [-0.1, -0.05) is 30.5 Å². The van der Waals surface area contributed by atoms with Gasteiger partial charge in [-0.2, -0.15) is 0 Å². The summed E-state index contributed by atoms with van der Waals surface area (Å²) >= 11 is 0. The van der Waals surface area contributed by atoms with Crippen LogP contribution in [0.4, 0.5) is 5.69 Å². The van der Waals surface area contributed by atoms with Crippen molar-refractivity contribution < 1.29 is 4.79 Å². The van der Waals surface area contributed by atoms with E-state index in [4.69, 9.17) is 0 Å². The smallest absolute Gasteiger partial charge is 0.241 e. The van der Waals surface area contributed by atoms with Crippen molar-refractivity contribution in [3.63, 3.8) is 0 Å². The van der Waals surface area contributed by atoms with Gasteiger partial charge >= 0.3 is 0 Å². The molecule has 0 bridgehead atoms. The Balaban J connectivity index is 1.43. The highest BCUT2D eigenvalue weighted by Gasteiger charge is 2.27. The van der Waals surface area contributed by atoms with Gasteiger partial charge in [0.25, 0.3) is 0 Å². The highest BCUT2D eigenvalue weighted by Crippen LogP contribution is 2.22. The van der Waals surface area contributed by atoms with Crippen LogP contribution in [0.15, 0.2) is 24.3 Å². The summed E-state index contributed by atoms with van der Waals surface area (Å²) < 4.78 is 0. The Labute approximate surface area is 158 Å². The number of hydrogen-bond donors (Lipinski definition) is 1. The van der Waals surface area contributed by atoms with E-state index in [0.717, 1.165) is 24.7 Å². The Morgan fingerprint density at radius 1 is 1.04 bits per heavy atom. The Morgan fingerprint density at radius 2 is 1.65 bits per heavy atom. The minimum atomic E-state index is -0.0598. The molecule has 1 atom stereocenters. The molecule has 0 spiro atoms. The zero-order chi connectivity index (χ0) is 18.4. The number of piperidine rings is 1. The lowest BCUT2D eigenvalue weighted by Crippen LogP contribution is -2.47. The molecule has 0 saturated carbocycles. The molecule has 4 heteroatoms. The summed E-state index contributed by atoms with van der Waals surface area (Å²) in [5.74, 6) is 0.913. The highest BCUT2D eigenvalue weighted by atomic mass is 16.2. The van der Waals surface area contributed by atoms with E-state index < -0.39 is 0 Å². The van der Waals surface area contributed by atoms with Gasteiger partial charge in [0.1, 0.15) is 0 Å². The topological polar surface area (TPSA) is 35.6 Å². The fourth-order valence-corrected chi connectivity index (χ4v) is 4.26. The standard InChI is InChI=1S/C22H35N3O/c1-18-7-9-21(10-8-18)23-22(26)19(2)25-15-11-20(12-16-25)17-24-13-5-3-4-6-14-24/h7-10,19-20H,3-6,11-17H2,1-2H3,(H,23,26)/t19-/m1/s1. The number of benzene rings is 1. The number of aryl methyl sites for hydroxylation is 1. The first-order valence-electron chi connectivity index (χ1n) is 10.5. The van der Waals surface area contributed by atoms with E-state index in [1.165, 1.54) is 63.7 Å². The minimum Gasteiger partial charge on any atom is -0.325 e. The summed E-state index contributed by atoms with van der Waals surface area (Å²) in [6.45, 7) is 10.0. The van der Waals surface area contributed by atoms with Gasteiger partial charge in [-0.05, 0) is 83.8 Å². The van der Waals surface area contributed by atoms with Crippen molar-refractivity contribution >= 4 is 11.6 Å². The number of amides is 1. The van der Waals surface area contributed by atoms with E-state index in [9.17, 15) is 4.79 Å². The third kappa shape index (κ3) is 5.55. The molecule has 0 aliphatic carbocycles. The average Bonchev–Trinajstić information content (AvgIpc) is 2.92. The van der Waals surface area contributed by atoms with Gasteiger partial charge in [-0.25, -0.2) is 0 Å². The molecule has 1 N–H and O–H groups in total. The van der Waals surface area contributed by atoms with Gasteiger partial charge in [0.15, 0.2) is 0 Å². The number of carbonyl (C=O) groups is 1. The van der Waals surface area contributed by atoms with Crippen LogP contribution >= 0.6 is 0 Å². The molecule has 0 aromatic heterocycles. The molecule has 0 unspecified atom stereocenters. The van der Waals surface area contributed by atoms with Gasteiger partial charge < -0.3 is 10.2 Å². The van der Waals surface area contributed by atoms with Crippen molar-refractivity contribution in [2.75, 3.05) is 38.0 Å². The quantitative estimate of drug-likeness (QED) is 0.868. The molecule has 2 aliphatic heterocycles. The van der Waals surface area contributed by atoms with E-state index >= 15 is 0 Å². The fourth-order valence-electron chi connectivity index (χ4n) is 4.26. The molecule has 0 radical (unpaired) electrons. The Kier molecular flexibility index (Phi) is 7.09. The van der Waals surface area contributed by atoms with Crippen LogP contribution in [-0.2, 0) is 4.79 Å². The summed E-state index contributed by atoms with van der Waals surface area (Å²) in [4.78, 5) is 17.6. The maximum absolute atomic E-state index is 12.6. The molecular weight excluding hydrogens is 322 g/mol. The van der Waals surface area contributed by atoms with E-state index in [2.05, 4.69) is 22.0 Å². The summed E-state index contributed by atoms with van der Waals surface area (Å²) in [5, 5.41) is 3.06. The molecule has 26 heavy (non-hydrogen) atoms. The summed E-state index contributed by atoms with van der Waals surface area (Å²) in [7, 11) is 0. The van der Waals surface area contributed by atoms with E-state index in [0.29, 0.717) is 0 Å². The second-order valence-electron chi connectivity index (χ2n) is 8.23. The molecule has 2 saturated heterocycles. The zero-order valence-corrected chi connectivity index (χ0v) is 16.5. The molecule has 1 aromatic carbocycles. The molecule has 2 fully saturated rings. The summed E-state index contributed by atoms with van der Waals surface area (Å²) in [6, 6.07) is 7.97. The lowest BCUT2D eigenvalue weighted by molar-refractivity contribution is -0.121. The lowest BCUT2D eigenvalue weighted by Gasteiger charge is -2.37. The van der Waals surface area contributed by atoms with E-state index in [1.807, 2.05) is 31.2 Å². The SMILES string of the molecule is Cc1ccc(NC(=O)[C@@H](C)N2CCC(CN3CCCCCC3)CC2)cc1. The number of likely N-dealkylation sites (tertiary alicyclic amines) is 2. The summed E-state index contributed by atoms with van der Waals surface area (Å²) in [6.07, 6.45) is 7.99. The third-order valence-corrected chi connectivity index (χ3v) is 6.11. The number of rotatable bonds is 5. The van der Waals surface area contributed by atoms with Crippen molar-refractivity contribution in [1.29, 1.82) is 0 Å². The van der Waals surface area contributed by atoms with Crippen molar-refractivity contribution in [3.05, 3.63) is 29.8 Å². The first-order valence-corrected chi connectivity index (χ1v) is 10.5. The molecular formula is C22H35N3O. The number of nitrogens with one attached hydrogen (secondary N) is 1. The number of hydrogen-bond acceptors (Lipinski definition) is 3. The number of anilines is 1. The lowest BCUT2D eigenvalue weighted by atomic mass is 9.95. The fraction of sp³-hybridized carbons (Fsp3) is 0.682. The molecule has 144 valence electrons. The van der Waals surface area contributed by atoms with Gasteiger partial charge in [0, 0.05) is 12.2 Å². The van der Waals surface area contributed by atoms with Gasteiger partial charge in [-0.15, -0.1) is 0 Å². The van der Waals surface area contributed by atoms with Gasteiger partial charge in [0.05, 0.1) is 6.04 Å². The normalized spacial score (nSPS) is 21.9. The average molecular weight is 358 g/mol. The first-order chi connectivity index (χ1) is 12.6. The van der Waals surface area contributed by atoms with Crippen LogP contribution in [0.5, 0.6) is 0 Å². The maximum atomic E-state index is 12.6. The predicted molar refractivity (Wildman–Crippen MR) is 108 cm³/mol. The Hall–Kier alpha value is -1.39. The van der Waals surface area contributed by atoms with Crippen molar-refractivity contribution in [2.24, 2.45) is 5.92 Å². The highest BCUT2D eigenvalue weighted by molar-refractivity contribution is 5.94. The zero-order valence-electron chi connectivity index (χ0n) is 16.5. The second kappa shape index (κ2) is 9.52. The predicted octanol–water partition coefficient (Wildman–Crippen LogP) is 3.91. The molecule has 1 amide bonds. The van der Waals surface area contributed by atoms with Gasteiger partial charge in [-0.3, -0.25) is 9.69 Å². The summed E-state index contributed by atoms with van der Waals surface area (Å²) in [5.41, 5.74) is 2.10. The monoisotopic (exact) mass is 357 g/mol. The number of carbonyl (C=O) groups excluding carboxylic acids is 1. The number of nitrogens with zero attached hydrogens (tertiary/aromatic N) is 2. The van der Waals surface area contributed by atoms with E-state index in [1.54, 1.807) is 0 Å². The molecule has 3 rings (SSSR count). The largest absolute Gasteiger partial charge is 0.325 e. The van der Waals surface area contributed by atoms with Crippen molar-refractivity contribution in [2.45, 2.75) is 58.4 Å². The molecule has 1 aromatic rings. The third-order valence-electron chi connectivity index (χ3n) is 6.11. The minimum absolute atomic E-state index is 0.0598. The van der Waals surface area contributed by atoms with Crippen molar-refractivity contribution in [1.82, 2.24) is 9.80 Å². The van der Waals surface area contributed by atoms with E-state index in [-0.39, 0.29) is 11.9 Å². The Morgan fingerprint density at radius 3 is 2.27 bits per heavy atom. The van der Waals surface area contributed by atoms with Crippen LogP contribution < -0.4 is 5.32 Å². The molecule has 2 aliphatic rings. The van der Waals surface area contributed by atoms with Crippen LogP contribution in [0.2, 0.25) is 0 Å². The first kappa shape index (κ1) is 19.4. The van der Waals surface area contributed by atoms with Crippen LogP contribution in [0.3, 0.4) is 0 Å². The van der Waals surface area contributed by atoms with Crippen LogP contribution in [0.1, 0.15) is 51.0 Å². The Bertz CT molecular complexity index is 555. The molecule has 2 heterocycles. The molecule has 4 nitrogen and oxygen atoms in total. The van der Waals surface area contributed by atoms with Gasteiger partial charge in [0.2, 0.25) is 5.91 Å². The van der Waals surface area contributed by atoms with Crippen LogP contribution in [0, 0.1) is 12.8 Å². The maximum Gasteiger partial charge on any atom is 0.241 e.